The van der Waals surface area contributed by atoms with Crippen LogP contribution in [0, 0.1) is 6.92 Å². The molecule has 0 amide bonds. The van der Waals surface area contributed by atoms with Crippen molar-refractivity contribution >= 4 is 0 Å². The number of fused-ring (bicyclic) bond motifs is 1. The summed E-state index contributed by atoms with van der Waals surface area (Å²) in [5, 5.41) is 0. The third-order valence-electron chi connectivity index (χ3n) is 3.94. The molecule has 1 nitrogen and oxygen atoms in total. The molecule has 0 aromatic heterocycles. The van der Waals surface area contributed by atoms with E-state index in [1.807, 2.05) is 0 Å². The van der Waals surface area contributed by atoms with Gasteiger partial charge in [-0.2, -0.15) is 0 Å². The second-order valence-corrected chi connectivity index (χ2v) is 5.31. The van der Waals surface area contributed by atoms with Crippen molar-refractivity contribution < 1.29 is 0 Å². The first-order valence-electron chi connectivity index (χ1n) is 7.07. The van der Waals surface area contributed by atoms with Crippen molar-refractivity contribution in [1.29, 1.82) is 0 Å². The molecule has 0 aliphatic heterocycles. The van der Waals surface area contributed by atoms with E-state index in [1.54, 1.807) is 11.1 Å². The van der Waals surface area contributed by atoms with Crippen molar-refractivity contribution in [3.63, 3.8) is 0 Å². The van der Waals surface area contributed by atoms with E-state index < -0.39 is 0 Å². The van der Waals surface area contributed by atoms with Crippen molar-refractivity contribution in [1.82, 2.24) is 4.90 Å². The van der Waals surface area contributed by atoms with Gasteiger partial charge in [-0.05, 0) is 62.4 Å². The van der Waals surface area contributed by atoms with E-state index in [9.17, 15) is 0 Å². The van der Waals surface area contributed by atoms with Crippen LogP contribution < -0.4 is 0 Å². The van der Waals surface area contributed by atoms with Gasteiger partial charge in [0.2, 0.25) is 0 Å². The lowest BCUT2D eigenvalue weighted by molar-refractivity contribution is 0.202. The van der Waals surface area contributed by atoms with Crippen molar-refractivity contribution in [2.75, 3.05) is 13.1 Å². The summed E-state index contributed by atoms with van der Waals surface area (Å²) in [4.78, 5) is 2.69. The standard InChI is InChI=1S/C16H25N/c1-4-9-17(10-5-2)15-11-14-8-6-7-13(3)16(14)12-15/h6-8,15H,4-5,9-12H2,1-3H3. The molecule has 0 radical (unpaired) electrons. The third-order valence-corrected chi connectivity index (χ3v) is 3.94. The summed E-state index contributed by atoms with van der Waals surface area (Å²) in [6.07, 6.45) is 5.07. The maximum absolute atomic E-state index is 2.69. The number of nitrogens with zero attached hydrogens (tertiary/aromatic N) is 1. The van der Waals surface area contributed by atoms with Crippen LogP contribution in [0.15, 0.2) is 18.2 Å². The van der Waals surface area contributed by atoms with Gasteiger partial charge in [0.1, 0.15) is 0 Å². The highest BCUT2D eigenvalue weighted by Gasteiger charge is 2.26. The summed E-state index contributed by atoms with van der Waals surface area (Å²) in [6.45, 7) is 9.34. The first-order chi connectivity index (χ1) is 8.26. The van der Waals surface area contributed by atoms with Gasteiger partial charge in [-0.25, -0.2) is 0 Å². The van der Waals surface area contributed by atoms with Gasteiger partial charge in [-0.1, -0.05) is 32.0 Å². The fourth-order valence-corrected chi connectivity index (χ4v) is 3.12. The van der Waals surface area contributed by atoms with Crippen LogP contribution in [-0.2, 0) is 12.8 Å². The first kappa shape index (κ1) is 12.6. The monoisotopic (exact) mass is 231 g/mol. The summed E-state index contributed by atoms with van der Waals surface area (Å²) >= 11 is 0. The molecule has 0 heterocycles. The molecule has 1 aromatic rings. The average molecular weight is 231 g/mol. The highest BCUT2D eigenvalue weighted by atomic mass is 15.1. The van der Waals surface area contributed by atoms with Gasteiger partial charge in [0, 0.05) is 6.04 Å². The summed E-state index contributed by atoms with van der Waals surface area (Å²) < 4.78 is 0. The second kappa shape index (κ2) is 5.68. The van der Waals surface area contributed by atoms with E-state index >= 15 is 0 Å². The Labute approximate surface area is 106 Å². The summed E-state index contributed by atoms with van der Waals surface area (Å²) in [7, 11) is 0. The van der Waals surface area contributed by atoms with E-state index in [0.717, 1.165) is 6.04 Å². The van der Waals surface area contributed by atoms with Crippen LogP contribution in [0.4, 0.5) is 0 Å². The Bertz CT molecular complexity index is 364. The Morgan fingerprint density at radius 3 is 2.41 bits per heavy atom. The Balaban J connectivity index is 2.09. The summed E-state index contributed by atoms with van der Waals surface area (Å²) in [6, 6.07) is 7.54. The first-order valence-corrected chi connectivity index (χ1v) is 7.07. The highest BCUT2D eigenvalue weighted by molar-refractivity contribution is 5.39. The lowest BCUT2D eigenvalue weighted by Gasteiger charge is -2.28. The third kappa shape index (κ3) is 2.71. The number of benzene rings is 1. The Morgan fingerprint density at radius 1 is 1.12 bits per heavy atom. The van der Waals surface area contributed by atoms with Crippen molar-refractivity contribution in [2.24, 2.45) is 0 Å². The molecule has 1 unspecified atom stereocenters. The molecule has 0 spiro atoms. The lowest BCUT2D eigenvalue weighted by Crippen LogP contribution is -2.37. The summed E-state index contributed by atoms with van der Waals surface area (Å²) in [5.41, 5.74) is 4.69. The SMILES string of the molecule is CCCN(CCC)C1Cc2cccc(C)c2C1. The molecule has 1 heteroatoms. The Hall–Kier alpha value is -0.820. The minimum absolute atomic E-state index is 0.756. The van der Waals surface area contributed by atoms with E-state index in [2.05, 4.69) is 43.9 Å². The normalized spacial score (nSPS) is 18.7. The van der Waals surface area contributed by atoms with E-state index in [1.165, 1.54) is 44.3 Å². The smallest absolute Gasteiger partial charge is 0.0176 e. The molecule has 1 aliphatic rings. The van der Waals surface area contributed by atoms with E-state index in [0.29, 0.717) is 0 Å². The molecular weight excluding hydrogens is 206 g/mol. The number of aryl methyl sites for hydroxylation is 1. The predicted molar refractivity (Wildman–Crippen MR) is 74.5 cm³/mol. The molecular formula is C16H25N. The zero-order valence-electron chi connectivity index (χ0n) is 11.5. The molecule has 94 valence electrons. The maximum Gasteiger partial charge on any atom is 0.0176 e. The number of hydrogen-bond donors (Lipinski definition) is 0. The average Bonchev–Trinajstić information content (AvgIpc) is 2.74. The number of rotatable bonds is 5. The van der Waals surface area contributed by atoms with Crippen LogP contribution in [0.5, 0.6) is 0 Å². The van der Waals surface area contributed by atoms with Crippen molar-refractivity contribution in [3.8, 4) is 0 Å². The van der Waals surface area contributed by atoms with Gasteiger partial charge in [0.25, 0.3) is 0 Å². The molecule has 0 fully saturated rings. The van der Waals surface area contributed by atoms with Crippen LogP contribution in [0.25, 0.3) is 0 Å². The van der Waals surface area contributed by atoms with Crippen LogP contribution in [0.3, 0.4) is 0 Å². The minimum Gasteiger partial charge on any atom is -0.300 e. The van der Waals surface area contributed by atoms with Gasteiger partial charge in [0.05, 0.1) is 0 Å². The van der Waals surface area contributed by atoms with Gasteiger partial charge < -0.3 is 0 Å². The van der Waals surface area contributed by atoms with Crippen LogP contribution in [0.2, 0.25) is 0 Å². The fraction of sp³-hybridized carbons (Fsp3) is 0.625. The Morgan fingerprint density at radius 2 is 1.82 bits per heavy atom. The van der Waals surface area contributed by atoms with Gasteiger partial charge in [-0.15, -0.1) is 0 Å². The molecule has 17 heavy (non-hydrogen) atoms. The van der Waals surface area contributed by atoms with Gasteiger partial charge in [0.15, 0.2) is 0 Å². The topological polar surface area (TPSA) is 3.24 Å². The van der Waals surface area contributed by atoms with Crippen molar-refractivity contribution in [2.45, 2.75) is 52.5 Å². The largest absolute Gasteiger partial charge is 0.300 e. The molecule has 1 aromatic carbocycles. The van der Waals surface area contributed by atoms with E-state index in [4.69, 9.17) is 0 Å². The van der Waals surface area contributed by atoms with E-state index in [-0.39, 0.29) is 0 Å². The zero-order chi connectivity index (χ0) is 12.3. The molecule has 2 rings (SSSR count). The van der Waals surface area contributed by atoms with Crippen LogP contribution >= 0.6 is 0 Å². The molecule has 1 atom stereocenters. The summed E-state index contributed by atoms with van der Waals surface area (Å²) in [5.74, 6) is 0. The number of hydrogen-bond acceptors (Lipinski definition) is 1. The quantitative estimate of drug-likeness (QED) is 0.748. The molecule has 0 bridgehead atoms. The minimum atomic E-state index is 0.756. The molecule has 0 saturated carbocycles. The molecule has 0 saturated heterocycles. The van der Waals surface area contributed by atoms with Crippen LogP contribution in [-0.4, -0.2) is 24.0 Å². The molecule has 0 N–H and O–H groups in total. The highest BCUT2D eigenvalue weighted by Crippen LogP contribution is 2.28. The Kier molecular flexibility index (Phi) is 4.22. The fourth-order valence-electron chi connectivity index (χ4n) is 3.12. The van der Waals surface area contributed by atoms with Gasteiger partial charge >= 0.3 is 0 Å². The second-order valence-electron chi connectivity index (χ2n) is 5.31. The predicted octanol–water partition coefficient (Wildman–Crippen LogP) is 3.58. The van der Waals surface area contributed by atoms with Gasteiger partial charge in [-0.3, -0.25) is 4.90 Å². The zero-order valence-corrected chi connectivity index (χ0v) is 11.5. The van der Waals surface area contributed by atoms with Crippen molar-refractivity contribution in [3.05, 3.63) is 34.9 Å². The maximum atomic E-state index is 2.69. The molecule has 1 aliphatic carbocycles. The lowest BCUT2D eigenvalue weighted by atomic mass is 10.1. The van der Waals surface area contributed by atoms with Crippen LogP contribution in [0.1, 0.15) is 43.4 Å².